The summed E-state index contributed by atoms with van der Waals surface area (Å²) in [5, 5.41) is 18.0. The largest absolute Gasteiger partial charge is 0.480 e. The Morgan fingerprint density at radius 1 is 1.64 bits per heavy atom. The van der Waals surface area contributed by atoms with E-state index in [9.17, 15) is 9.90 Å². The quantitative estimate of drug-likeness (QED) is 0.754. The SMILES string of the molecule is CC1CCCC(SCCO)(C(=O)O)C1. The van der Waals surface area contributed by atoms with Gasteiger partial charge in [0.05, 0.1) is 6.61 Å². The zero-order valence-corrected chi connectivity index (χ0v) is 9.35. The molecule has 0 aromatic heterocycles. The van der Waals surface area contributed by atoms with Crippen LogP contribution in [0.5, 0.6) is 0 Å². The van der Waals surface area contributed by atoms with Crippen LogP contribution in [0.2, 0.25) is 0 Å². The fourth-order valence-electron chi connectivity index (χ4n) is 2.13. The lowest BCUT2D eigenvalue weighted by Crippen LogP contribution is -2.40. The number of aliphatic carboxylic acids is 1. The Bertz CT molecular complexity index is 208. The van der Waals surface area contributed by atoms with Gasteiger partial charge in [-0.1, -0.05) is 19.8 Å². The van der Waals surface area contributed by atoms with Crippen molar-refractivity contribution in [3.8, 4) is 0 Å². The Kier molecular flexibility index (Phi) is 4.26. The van der Waals surface area contributed by atoms with Crippen molar-refractivity contribution in [2.45, 2.75) is 37.4 Å². The van der Waals surface area contributed by atoms with Crippen molar-refractivity contribution in [1.29, 1.82) is 0 Å². The maximum Gasteiger partial charge on any atom is 0.319 e. The van der Waals surface area contributed by atoms with E-state index in [0.717, 1.165) is 25.7 Å². The predicted octanol–water partition coefficient (Wildman–Crippen LogP) is 1.75. The summed E-state index contributed by atoms with van der Waals surface area (Å²) in [7, 11) is 0. The molecule has 0 aromatic rings. The lowest BCUT2D eigenvalue weighted by Gasteiger charge is -2.35. The molecule has 0 radical (unpaired) electrons. The van der Waals surface area contributed by atoms with E-state index in [1.807, 2.05) is 0 Å². The first-order valence-corrected chi connectivity index (χ1v) is 6.07. The number of carboxylic acid groups (broad SMARTS) is 1. The molecule has 0 amide bonds. The first kappa shape index (κ1) is 11.9. The molecule has 1 aliphatic carbocycles. The van der Waals surface area contributed by atoms with Crippen LogP contribution < -0.4 is 0 Å². The van der Waals surface area contributed by atoms with Crippen molar-refractivity contribution >= 4 is 17.7 Å². The van der Waals surface area contributed by atoms with E-state index in [1.54, 1.807) is 0 Å². The van der Waals surface area contributed by atoms with Crippen LogP contribution in [0.15, 0.2) is 0 Å². The van der Waals surface area contributed by atoms with Crippen molar-refractivity contribution < 1.29 is 15.0 Å². The summed E-state index contributed by atoms with van der Waals surface area (Å²) in [5.74, 6) is 0.312. The molecule has 0 saturated heterocycles. The van der Waals surface area contributed by atoms with Crippen LogP contribution in [0, 0.1) is 5.92 Å². The van der Waals surface area contributed by atoms with Gasteiger partial charge in [-0.05, 0) is 18.8 Å². The Hall–Kier alpha value is -0.220. The van der Waals surface area contributed by atoms with Crippen molar-refractivity contribution in [3.05, 3.63) is 0 Å². The first-order valence-electron chi connectivity index (χ1n) is 5.09. The molecule has 0 bridgehead atoms. The van der Waals surface area contributed by atoms with Crippen molar-refractivity contribution in [1.82, 2.24) is 0 Å². The monoisotopic (exact) mass is 218 g/mol. The molecule has 2 unspecified atom stereocenters. The minimum atomic E-state index is -0.706. The van der Waals surface area contributed by atoms with Crippen molar-refractivity contribution in [2.24, 2.45) is 5.92 Å². The minimum absolute atomic E-state index is 0.0636. The third-order valence-corrected chi connectivity index (χ3v) is 4.30. The molecule has 1 saturated carbocycles. The van der Waals surface area contributed by atoms with Crippen LogP contribution in [-0.2, 0) is 4.79 Å². The van der Waals surface area contributed by atoms with Crippen molar-refractivity contribution in [3.63, 3.8) is 0 Å². The molecule has 14 heavy (non-hydrogen) atoms. The minimum Gasteiger partial charge on any atom is -0.480 e. The maximum absolute atomic E-state index is 11.2. The van der Waals surface area contributed by atoms with Crippen molar-refractivity contribution in [2.75, 3.05) is 12.4 Å². The second-order valence-electron chi connectivity index (χ2n) is 4.07. The third-order valence-electron chi connectivity index (χ3n) is 2.82. The number of aliphatic hydroxyl groups excluding tert-OH is 1. The number of rotatable bonds is 4. The lowest BCUT2D eigenvalue weighted by molar-refractivity contribution is -0.141. The fraction of sp³-hybridized carbons (Fsp3) is 0.900. The van der Waals surface area contributed by atoms with Crippen LogP contribution in [0.25, 0.3) is 0 Å². The standard InChI is InChI=1S/C10H18O3S/c1-8-3-2-4-10(7-8,9(12)13)14-6-5-11/h8,11H,2-7H2,1H3,(H,12,13). The van der Waals surface area contributed by atoms with Gasteiger partial charge >= 0.3 is 5.97 Å². The molecule has 4 heteroatoms. The summed E-state index contributed by atoms with van der Waals surface area (Å²) in [6.07, 6.45) is 3.62. The molecule has 3 nitrogen and oxygen atoms in total. The first-order chi connectivity index (χ1) is 6.60. The fourth-order valence-corrected chi connectivity index (χ4v) is 3.43. The molecule has 82 valence electrons. The molecule has 1 aliphatic rings. The van der Waals surface area contributed by atoms with E-state index in [4.69, 9.17) is 5.11 Å². The molecule has 2 N–H and O–H groups in total. The van der Waals surface area contributed by atoms with Gasteiger partial charge in [0.25, 0.3) is 0 Å². The van der Waals surface area contributed by atoms with Gasteiger partial charge in [-0.25, -0.2) is 0 Å². The highest BCUT2D eigenvalue weighted by Gasteiger charge is 2.42. The highest BCUT2D eigenvalue weighted by atomic mass is 32.2. The smallest absolute Gasteiger partial charge is 0.319 e. The average molecular weight is 218 g/mol. The summed E-state index contributed by atoms with van der Waals surface area (Å²) in [5.41, 5.74) is 0. The summed E-state index contributed by atoms with van der Waals surface area (Å²) in [6.45, 7) is 2.17. The summed E-state index contributed by atoms with van der Waals surface area (Å²) in [4.78, 5) is 11.2. The number of hydrogen-bond acceptors (Lipinski definition) is 3. The van der Waals surface area contributed by atoms with Crippen LogP contribution in [0.3, 0.4) is 0 Å². The van der Waals surface area contributed by atoms with Gasteiger partial charge in [-0.3, -0.25) is 4.79 Å². The molecule has 0 spiro atoms. The Balaban J connectivity index is 2.65. The second kappa shape index (κ2) is 5.03. The number of carbonyl (C=O) groups is 1. The van der Waals surface area contributed by atoms with Gasteiger partial charge in [0.2, 0.25) is 0 Å². The summed E-state index contributed by atoms with van der Waals surface area (Å²) in [6, 6.07) is 0. The maximum atomic E-state index is 11.2. The Morgan fingerprint density at radius 3 is 2.86 bits per heavy atom. The van der Waals surface area contributed by atoms with E-state index >= 15 is 0 Å². The Labute approximate surface area is 88.9 Å². The molecule has 1 fully saturated rings. The molecule has 0 heterocycles. The number of aliphatic hydroxyl groups is 1. The zero-order chi connectivity index (χ0) is 10.6. The van der Waals surface area contributed by atoms with E-state index in [2.05, 4.69) is 6.92 Å². The highest BCUT2D eigenvalue weighted by Crippen LogP contribution is 2.42. The van der Waals surface area contributed by atoms with E-state index < -0.39 is 10.7 Å². The van der Waals surface area contributed by atoms with Gasteiger partial charge in [0.15, 0.2) is 0 Å². The van der Waals surface area contributed by atoms with Crippen LogP contribution in [0.4, 0.5) is 0 Å². The van der Waals surface area contributed by atoms with Crippen LogP contribution in [0.1, 0.15) is 32.6 Å². The predicted molar refractivity (Wildman–Crippen MR) is 57.5 cm³/mol. The van der Waals surface area contributed by atoms with Crippen LogP contribution >= 0.6 is 11.8 Å². The van der Waals surface area contributed by atoms with Gasteiger partial charge in [0.1, 0.15) is 4.75 Å². The summed E-state index contributed by atoms with van der Waals surface area (Å²) >= 11 is 1.41. The highest BCUT2D eigenvalue weighted by molar-refractivity contribution is 8.01. The number of carboxylic acids is 1. The molecular weight excluding hydrogens is 200 g/mol. The topological polar surface area (TPSA) is 57.5 Å². The van der Waals surface area contributed by atoms with E-state index in [0.29, 0.717) is 11.7 Å². The third kappa shape index (κ3) is 2.64. The Morgan fingerprint density at radius 2 is 2.36 bits per heavy atom. The normalized spacial score (nSPS) is 32.9. The second-order valence-corrected chi connectivity index (χ2v) is 5.55. The lowest BCUT2D eigenvalue weighted by atomic mass is 9.82. The molecular formula is C10H18O3S. The zero-order valence-electron chi connectivity index (χ0n) is 8.53. The molecule has 0 aromatic carbocycles. The molecule has 2 atom stereocenters. The number of thioether (sulfide) groups is 1. The molecule has 0 aliphatic heterocycles. The van der Waals surface area contributed by atoms with E-state index in [-0.39, 0.29) is 6.61 Å². The van der Waals surface area contributed by atoms with Gasteiger partial charge in [-0.2, -0.15) is 0 Å². The van der Waals surface area contributed by atoms with Gasteiger partial charge in [-0.15, -0.1) is 11.8 Å². The van der Waals surface area contributed by atoms with E-state index in [1.165, 1.54) is 11.8 Å². The number of hydrogen-bond donors (Lipinski definition) is 2. The van der Waals surface area contributed by atoms with Crippen LogP contribution in [-0.4, -0.2) is 33.3 Å². The summed E-state index contributed by atoms with van der Waals surface area (Å²) < 4.78 is -0.625. The van der Waals surface area contributed by atoms with Gasteiger partial charge in [0, 0.05) is 5.75 Å². The average Bonchev–Trinajstić information content (AvgIpc) is 2.14. The molecule has 1 rings (SSSR count). The van der Waals surface area contributed by atoms with Gasteiger partial charge < -0.3 is 10.2 Å².